The van der Waals surface area contributed by atoms with E-state index in [9.17, 15) is 0 Å². The second-order valence-electron chi connectivity index (χ2n) is 8.94. The van der Waals surface area contributed by atoms with Crippen molar-refractivity contribution in [3.63, 3.8) is 0 Å². The summed E-state index contributed by atoms with van der Waals surface area (Å²) in [5.41, 5.74) is 9.63. The van der Waals surface area contributed by atoms with Crippen molar-refractivity contribution in [2.75, 3.05) is 0 Å². The van der Waals surface area contributed by atoms with E-state index < -0.39 is 0 Å². The van der Waals surface area contributed by atoms with Gasteiger partial charge in [-0.25, -0.2) is 0 Å². The molecule has 0 saturated heterocycles. The highest BCUT2D eigenvalue weighted by Gasteiger charge is 2.38. The van der Waals surface area contributed by atoms with Crippen LogP contribution in [0.15, 0.2) is 76.4 Å². The van der Waals surface area contributed by atoms with Crippen molar-refractivity contribution in [2.24, 2.45) is 0 Å². The van der Waals surface area contributed by atoms with Crippen LogP contribution in [0, 0.1) is 0 Å². The standard InChI is InChI=1S/C27H25NO/c1-27(2)21-10-5-3-8-18(21)19-15-14-17(16-22(19)27)28-23-11-7-13-25-26(23)20-9-4-6-12-24(20)29-25/h3-10,12-13,16,23,28H,11,14-15H2,1-2H3. The summed E-state index contributed by atoms with van der Waals surface area (Å²) < 4.78 is 6.10. The number of para-hydroxylation sites is 1. The van der Waals surface area contributed by atoms with Crippen LogP contribution in [0.1, 0.15) is 61.6 Å². The molecular weight excluding hydrogens is 354 g/mol. The zero-order chi connectivity index (χ0) is 19.6. The van der Waals surface area contributed by atoms with Crippen LogP contribution < -0.4 is 5.32 Å². The summed E-state index contributed by atoms with van der Waals surface area (Å²) in [6.07, 6.45) is 9.94. The number of nitrogens with one attached hydrogen (secondary N) is 1. The van der Waals surface area contributed by atoms with Crippen molar-refractivity contribution < 1.29 is 4.42 Å². The number of benzene rings is 2. The van der Waals surface area contributed by atoms with Crippen LogP contribution in [0.4, 0.5) is 0 Å². The number of rotatable bonds is 2. The van der Waals surface area contributed by atoms with Gasteiger partial charge in [0.15, 0.2) is 0 Å². The monoisotopic (exact) mass is 379 g/mol. The molecule has 1 N–H and O–H groups in total. The summed E-state index contributed by atoms with van der Waals surface area (Å²) in [5.74, 6) is 1.000. The van der Waals surface area contributed by atoms with E-state index in [4.69, 9.17) is 4.42 Å². The first-order valence-corrected chi connectivity index (χ1v) is 10.6. The average Bonchev–Trinajstić information content (AvgIpc) is 3.23. The van der Waals surface area contributed by atoms with Crippen LogP contribution in [0.2, 0.25) is 0 Å². The van der Waals surface area contributed by atoms with E-state index in [2.05, 4.69) is 79.9 Å². The fraction of sp³-hybridized carbons (Fsp3) is 0.259. The third kappa shape index (κ3) is 2.42. The van der Waals surface area contributed by atoms with Crippen molar-refractivity contribution in [1.29, 1.82) is 0 Å². The summed E-state index contributed by atoms with van der Waals surface area (Å²) >= 11 is 0. The average molecular weight is 380 g/mol. The number of hydrogen-bond donors (Lipinski definition) is 1. The van der Waals surface area contributed by atoms with E-state index in [1.807, 2.05) is 6.07 Å². The van der Waals surface area contributed by atoms with Gasteiger partial charge in [-0.05, 0) is 59.8 Å². The number of furan rings is 1. The highest BCUT2D eigenvalue weighted by Crippen LogP contribution is 2.50. The zero-order valence-corrected chi connectivity index (χ0v) is 17.0. The predicted molar refractivity (Wildman–Crippen MR) is 119 cm³/mol. The van der Waals surface area contributed by atoms with Crippen molar-refractivity contribution in [1.82, 2.24) is 5.32 Å². The van der Waals surface area contributed by atoms with Gasteiger partial charge in [0.25, 0.3) is 0 Å². The Bertz CT molecular complexity index is 1230. The molecule has 2 nitrogen and oxygen atoms in total. The molecule has 2 aromatic carbocycles. The van der Waals surface area contributed by atoms with Crippen molar-refractivity contribution in [2.45, 2.75) is 44.6 Å². The Hall–Kier alpha value is -3.00. The van der Waals surface area contributed by atoms with E-state index >= 15 is 0 Å². The van der Waals surface area contributed by atoms with E-state index in [0.29, 0.717) is 0 Å². The number of hydrogen-bond acceptors (Lipinski definition) is 2. The number of allylic oxidation sites excluding steroid dienone is 4. The minimum atomic E-state index is 0.0687. The van der Waals surface area contributed by atoms with E-state index in [1.54, 1.807) is 0 Å². The molecule has 1 unspecified atom stereocenters. The first-order chi connectivity index (χ1) is 14.1. The maximum atomic E-state index is 6.10. The van der Waals surface area contributed by atoms with Crippen LogP contribution in [0.5, 0.6) is 0 Å². The molecule has 0 amide bonds. The molecule has 3 aromatic rings. The van der Waals surface area contributed by atoms with Gasteiger partial charge >= 0.3 is 0 Å². The van der Waals surface area contributed by atoms with Crippen LogP contribution >= 0.6 is 0 Å². The smallest absolute Gasteiger partial charge is 0.135 e. The molecule has 1 heterocycles. The van der Waals surface area contributed by atoms with Gasteiger partial charge in [-0.2, -0.15) is 0 Å². The second-order valence-corrected chi connectivity index (χ2v) is 8.94. The Balaban J connectivity index is 1.38. The zero-order valence-electron chi connectivity index (χ0n) is 17.0. The SMILES string of the molecule is CC1(C)C2=C(CCC(NC3CC=Cc4oc5ccccc5c43)=C2)c2ccccc21. The lowest BCUT2D eigenvalue weighted by atomic mass is 9.79. The van der Waals surface area contributed by atoms with E-state index in [1.165, 1.54) is 38.9 Å². The van der Waals surface area contributed by atoms with Gasteiger partial charge < -0.3 is 9.73 Å². The molecule has 1 atom stereocenters. The largest absolute Gasteiger partial charge is 0.456 e. The fourth-order valence-corrected chi connectivity index (χ4v) is 5.47. The molecule has 0 radical (unpaired) electrons. The molecule has 29 heavy (non-hydrogen) atoms. The summed E-state index contributed by atoms with van der Waals surface area (Å²) in [6, 6.07) is 17.6. The molecule has 1 aromatic heterocycles. The lowest BCUT2D eigenvalue weighted by Gasteiger charge is -2.28. The molecule has 144 valence electrons. The molecule has 0 spiro atoms. The minimum Gasteiger partial charge on any atom is -0.456 e. The Labute approximate surface area is 171 Å². The molecule has 0 saturated carbocycles. The molecule has 3 aliphatic carbocycles. The highest BCUT2D eigenvalue weighted by molar-refractivity contribution is 5.86. The third-order valence-electron chi connectivity index (χ3n) is 6.90. The Morgan fingerprint density at radius 1 is 1.00 bits per heavy atom. The van der Waals surface area contributed by atoms with Crippen molar-refractivity contribution in [3.8, 4) is 0 Å². The quantitative estimate of drug-likeness (QED) is 0.524. The van der Waals surface area contributed by atoms with E-state index in [0.717, 1.165) is 30.6 Å². The molecule has 0 fully saturated rings. The van der Waals surface area contributed by atoms with Gasteiger partial charge in [0.05, 0.1) is 6.04 Å². The number of fused-ring (bicyclic) bond motifs is 5. The maximum absolute atomic E-state index is 6.10. The van der Waals surface area contributed by atoms with E-state index in [-0.39, 0.29) is 11.5 Å². The molecule has 0 aliphatic heterocycles. The summed E-state index contributed by atoms with van der Waals surface area (Å²) in [4.78, 5) is 0. The maximum Gasteiger partial charge on any atom is 0.135 e. The predicted octanol–water partition coefficient (Wildman–Crippen LogP) is 6.90. The van der Waals surface area contributed by atoms with Gasteiger partial charge in [0.2, 0.25) is 0 Å². The molecule has 2 heteroatoms. The first-order valence-electron chi connectivity index (χ1n) is 10.6. The lowest BCUT2D eigenvalue weighted by Crippen LogP contribution is -2.25. The Morgan fingerprint density at radius 3 is 2.76 bits per heavy atom. The second kappa shape index (κ2) is 6.00. The van der Waals surface area contributed by atoms with Crippen LogP contribution in [0.25, 0.3) is 22.6 Å². The van der Waals surface area contributed by atoms with Crippen LogP contribution in [-0.4, -0.2) is 0 Å². The molecular formula is C27H25NO. The van der Waals surface area contributed by atoms with Gasteiger partial charge in [-0.1, -0.05) is 62.4 Å². The van der Waals surface area contributed by atoms with Gasteiger partial charge in [-0.3, -0.25) is 0 Å². The highest BCUT2D eigenvalue weighted by atomic mass is 16.3. The van der Waals surface area contributed by atoms with Crippen molar-refractivity contribution >= 4 is 22.6 Å². The van der Waals surface area contributed by atoms with Crippen LogP contribution in [-0.2, 0) is 5.41 Å². The Morgan fingerprint density at radius 2 is 1.83 bits per heavy atom. The van der Waals surface area contributed by atoms with Gasteiger partial charge in [0.1, 0.15) is 11.3 Å². The minimum absolute atomic E-state index is 0.0687. The summed E-state index contributed by atoms with van der Waals surface area (Å²) in [7, 11) is 0. The van der Waals surface area contributed by atoms with Gasteiger partial charge in [-0.15, -0.1) is 0 Å². The van der Waals surface area contributed by atoms with Crippen LogP contribution in [0.3, 0.4) is 0 Å². The molecule has 6 rings (SSSR count). The van der Waals surface area contributed by atoms with Crippen molar-refractivity contribution in [3.05, 3.63) is 94.4 Å². The fourth-order valence-electron chi connectivity index (χ4n) is 5.47. The third-order valence-corrected chi connectivity index (χ3v) is 6.90. The molecule has 0 bridgehead atoms. The normalized spacial score (nSPS) is 21.6. The lowest BCUT2D eigenvalue weighted by molar-refractivity contribution is 0.543. The first kappa shape index (κ1) is 16.9. The summed E-state index contributed by atoms with van der Waals surface area (Å²) in [5, 5.41) is 5.12. The Kier molecular flexibility index (Phi) is 3.50. The topological polar surface area (TPSA) is 25.2 Å². The molecule has 3 aliphatic rings. The summed E-state index contributed by atoms with van der Waals surface area (Å²) in [6.45, 7) is 4.72. The van der Waals surface area contributed by atoms with Gasteiger partial charge in [0, 0.05) is 22.1 Å².